The van der Waals surface area contributed by atoms with Crippen LogP contribution in [-0.4, -0.2) is 37.8 Å². The molecule has 10 heteroatoms. The zero-order chi connectivity index (χ0) is 18.9. The number of benzene rings is 1. The van der Waals surface area contributed by atoms with Gasteiger partial charge in [0.1, 0.15) is 12.1 Å². The van der Waals surface area contributed by atoms with Crippen LogP contribution in [-0.2, 0) is 26.6 Å². The van der Waals surface area contributed by atoms with Gasteiger partial charge in [-0.2, -0.15) is 4.89 Å². The predicted molar refractivity (Wildman–Crippen MR) is 89.4 cm³/mol. The molecule has 0 aliphatic rings. The van der Waals surface area contributed by atoms with Crippen molar-refractivity contribution in [3.8, 4) is 5.75 Å². The highest BCUT2D eigenvalue weighted by Crippen LogP contribution is 2.15. The minimum atomic E-state index is -3.11. The molecule has 142 valence electrons. The quantitative estimate of drug-likeness (QED) is 0.296. The Morgan fingerprint density at radius 1 is 1.16 bits per heavy atom. The lowest BCUT2D eigenvalue weighted by Gasteiger charge is -2.21. The molecule has 0 atom stereocenters. The van der Waals surface area contributed by atoms with E-state index in [-0.39, 0.29) is 0 Å². The molecule has 0 saturated heterocycles. The van der Waals surface area contributed by atoms with Crippen LogP contribution >= 0.6 is 0 Å². The van der Waals surface area contributed by atoms with Crippen molar-refractivity contribution in [1.29, 1.82) is 0 Å². The first-order chi connectivity index (χ1) is 11.6. The molecule has 7 nitrogen and oxygen atoms in total. The van der Waals surface area contributed by atoms with Crippen LogP contribution in [0.3, 0.4) is 0 Å². The third kappa shape index (κ3) is 10.1. The van der Waals surface area contributed by atoms with Crippen molar-refractivity contribution in [2.75, 3.05) is 20.2 Å². The fourth-order valence-corrected chi connectivity index (χ4v) is 2.27. The fraction of sp³-hybridized carbons (Fsp3) is 0.533. The van der Waals surface area contributed by atoms with Crippen molar-refractivity contribution in [1.82, 2.24) is 10.0 Å². The van der Waals surface area contributed by atoms with E-state index in [1.54, 1.807) is 45.0 Å². The van der Waals surface area contributed by atoms with Gasteiger partial charge in [0, 0.05) is 0 Å². The molecule has 1 aromatic rings. The lowest BCUT2D eigenvalue weighted by molar-refractivity contribution is -0.453. The van der Waals surface area contributed by atoms with Crippen LogP contribution in [0.2, 0.25) is 0 Å². The van der Waals surface area contributed by atoms with Gasteiger partial charge in [0.05, 0.1) is 25.6 Å². The Kier molecular flexibility index (Phi) is 8.36. The number of nitrogens with one attached hydrogen (secondary N) is 2. The first-order valence-corrected chi connectivity index (χ1v) is 8.26. The number of carbonyl (C=O) groups excluding carboxylic acids is 1. The monoisotopic (exact) mass is 381 g/mol. The summed E-state index contributed by atoms with van der Waals surface area (Å²) in [5.41, 5.74) is -0.736. The number of thiol groups is 1. The van der Waals surface area contributed by atoms with Crippen molar-refractivity contribution < 1.29 is 33.1 Å². The van der Waals surface area contributed by atoms with E-state index in [2.05, 4.69) is 20.0 Å². The summed E-state index contributed by atoms with van der Waals surface area (Å²) >= 11 is 0.494. The van der Waals surface area contributed by atoms with Crippen LogP contribution < -0.4 is 14.9 Å². The summed E-state index contributed by atoms with van der Waals surface area (Å²) in [4.78, 5) is 21.2. The average molecular weight is 381 g/mol. The van der Waals surface area contributed by atoms with Crippen molar-refractivity contribution in [2.45, 2.75) is 37.2 Å². The number of alkyl carbamates (subject to hydrolysis) is 1. The van der Waals surface area contributed by atoms with Crippen LogP contribution in [0.5, 0.6) is 5.75 Å². The molecule has 0 bridgehead atoms. The second-order valence-electron chi connectivity index (χ2n) is 5.97. The van der Waals surface area contributed by atoms with Crippen molar-refractivity contribution in [2.24, 2.45) is 0 Å². The number of rotatable bonds is 9. The Labute approximate surface area is 149 Å². The van der Waals surface area contributed by atoms with Crippen molar-refractivity contribution in [3.05, 3.63) is 24.3 Å². The zero-order valence-corrected chi connectivity index (χ0v) is 15.4. The van der Waals surface area contributed by atoms with Gasteiger partial charge in [-0.3, -0.25) is 0 Å². The van der Waals surface area contributed by atoms with E-state index in [0.29, 0.717) is 17.7 Å². The molecule has 2 N–H and O–H groups in total. The summed E-state index contributed by atoms with van der Waals surface area (Å²) in [6, 6.07) is 6.57. The predicted octanol–water partition coefficient (Wildman–Crippen LogP) is 2.40. The third-order valence-corrected chi connectivity index (χ3v) is 3.34. The number of ether oxygens (including phenoxy) is 1. The fourth-order valence-electron chi connectivity index (χ4n) is 1.47. The Balaban J connectivity index is 2.32. The normalized spacial score (nSPS) is 11.9. The number of alkyl halides is 2. The van der Waals surface area contributed by atoms with E-state index in [9.17, 15) is 13.6 Å². The number of hydrogen-bond acceptors (Lipinski definition) is 6. The van der Waals surface area contributed by atoms with Crippen LogP contribution in [0.1, 0.15) is 20.8 Å². The molecule has 0 unspecified atom stereocenters. The maximum atomic E-state index is 13.7. The summed E-state index contributed by atoms with van der Waals surface area (Å²) < 4.78 is 35.0. The number of halogens is 2. The number of hydrogen-bond donors (Lipinski definition) is 2. The van der Waals surface area contributed by atoms with Crippen LogP contribution in [0.25, 0.3) is 0 Å². The molecule has 0 fully saturated rings. The average Bonchev–Trinajstić information content (AvgIpc) is 2.51. The molecule has 0 heterocycles. The number of carbonyl (C=O) groups is 1. The van der Waals surface area contributed by atoms with Crippen LogP contribution in [0, 0.1) is 0 Å². The Morgan fingerprint density at radius 2 is 1.80 bits per heavy atom. The lowest BCUT2D eigenvalue weighted by Crippen LogP contribution is -2.44. The highest BCUT2D eigenvalue weighted by molar-refractivity contribution is 7.76. The van der Waals surface area contributed by atoms with E-state index >= 15 is 0 Å². The molecule has 1 rings (SSSR count). The lowest BCUT2D eigenvalue weighted by atomic mass is 10.2. The second-order valence-corrected chi connectivity index (χ2v) is 7.03. The highest BCUT2D eigenvalue weighted by Gasteiger charge is 2.31. The van der Waals surface area contributed by atoms with Gasteiger partial charge in [-0.15, -0.1) is 4.72 Å². The summed E-state index contributed by atoms with van der Waals surface area (Å²) in [7, 11) is 1.30. The van der Waals surface area contributed by atoms with Gasteiger partial charge in [0.2, 0.25) is 0 Å². The largest absolute Gasteiger partial charge is 0.444 e. The number of amides is 1. The van der Waals surface area contributed by atoms with Gasteiger partial charge < -0.3 is 14.9 Å². The minimum absolute atomic E-state index is 0.410. The van der Waals surface area contributed by atoms with Gasteiger partial charge in [-0.05, 0) is 50.1 Å². The van der Waals surface area contributed by atoms with E-state index in [1.807, 2.05) is 0 Å². The van der Waals surface area contributed by atoms with Gasteiger partial charge in [-0.1, -0.05) is 0 Å². The van der Waals surface area contributed by atoms with Gasteiger partial charge >= 0.3 is 6.09 Å². The standard InChI is InChI=1S/C15H22F2N2O5S/c1-14(2,3)22-13(20)18-9-15(16,17)10-19-25-12-7-5-11(6-8-12)23-24-21-4/h5-8,19H,9-10H2,1-4H3,(H,18,20)/p+1. The van der Waals surface area contributed by atoms with Crippen molar-refractivity contribution in [3.63, 3.8) is 0 Å². The summed E-state index contributed by atoms with van der Waals surface area (Å²) in [6.45, 7) is 3.55. The second kappa shape index (κ2) is 9.76. The molecular formula is C15H23F2N2O5S+. The molecule has 0 aliphatic heterocycles. The Morgan fingerprint density at radius 3 is 2.36 bits per heavy atom. The topological polar surface area (TPSA) is 78.0 Å². The first kappa shape index (κ1) is 21.4. The Hall–Kier alpha value is -1.62. The molecule has 25 heavy (non-hydrogen) atoms. The minimum Gasteiger partial charge on any atom is -0.444 e. The van der Waals surface area contributed by atoms with Crippen molar-refractivity contribution >= 4 is 18.0 Å². The van der Waals surface area contributed by atoms with E-state index < -0.39 is 30.7 Å². The molecule has 1 aromatic carbocycles. The molecular weight excluding hydrogens is 358 g/mol. The van der Waals surface area contributed by atoms with Crippen LogP contribution in [0.4, 0.5) is 13.6 Å². The van der Waals surface area contributed by atoms with Gasteiger partial charge in [-0.25, -0.2) is 13.6 Å². The van der Waals surface area contributed by atoms with Crippen LogP contribution in [0.15, 0.2) is 29.2 Å². The molecule has 1 amide bonds. The van der Waals surface area contributed by atoms with E-state index in [4.69, 9.17) is 9.62 Å². The summed E-state index contributed by atoms with van der Waals surface area (Å²) in [6.07, 6.45) is -0.876. The van der Waals surface area contributed by atoms with Gasteiger partial charge in [0.15, 0.2) is 10.6 Å². The maximum Gasteiger partial charge on any atom is 0.407 e. The van der Waals surface area contributed by atoms with E-state index in [0.717, 1.165) is 4.90 Å². The Bertz CT molecular complexity index is 538. The molecule has 0 spiro atoms. The third-order valence-electron chi connectivity index (χ3n) is 2.47. The van der Waals surface area contributed by atoms with E-state index in [1.165, 1.54) is 7.11 Å². The maximum absolute atomic E-state index is 13.7. The van der Waals surface area contributed by atoms with Gasteiger partial charge in [0.25, 0.3) is 5.92 Å². The molecule has 0 aromatic heterocycles. The summed E-state index contributed by atoms with van der Waals surface area (Å²) in [5.74, 6) is -2.70. The summed E-state index contributed by atoms with van der Waals surface area (Å²) in [5, 5.41) is 6.36. The first-order valence-electron chi connectivity index (χ1n) is 7.37. The molecule has 0 saturated carbocycles. The molecule has 0 aliphatic carbocycles. The smallest absolute Gasteiger partial charge is 0.407 e. The molecule has 0 radical (unpaired) electrons. The zero-order valence-electron chi connectivity index (χ0n) is 14.5. The SMILES string of the molecule is COOOc1ccc([SH+]NCC(F)(F)CNC(=O)OC(C)(C)C)cc1. The highest BCUT2D eigenvalue weighted by atomic mass is 32.2.